The van der Waals surface area contributed by atoms with E-state index < -0.39 is 54.0 Å². The lowest BCUT2D eigenvalue weighted by atomic mass is 10.1. The van der Waals surface area contributed by atoms with Crippen molar-refractivity contribution in [2.75, 3.05) is 18.6 Å². The molecule has 5 unspecified atom stereocenters. The van der Waals surface area contributed by atoms with Crippen LogP contribution in [-0.4, -0.2) is 98.7 Å². The number of nitrogens with zero attached hydrogens (tertiary/aromatic N) is 2. The maximum atomic E-state index is 13.2. The van der Waals surface area contributed by atoms with Gasteiger partial charge in [0.25, 0.3) is 0 Å². The summed E-state index contributed by atoms with van der Waals surface area (Å²) in [4.78, 5) is 60.7. The van der Waals surface area contributed by atoms with Gasteiger partial charge in [-0.1, -0.05) is 0 Å². The van der Waals surface area contributed by atoms with E-state index in [2.05, 4.69) is 30.9 Å². The number of carbonyl (C=O) groups excluding carboxylic acids is 3. The zero-order valence-corrected chi connectivity index (χ0v) is 21.7. The molecule has 1 aromatic rings. The number of amides is 3. The first kappa shape index (κ1) is 31.7. The van der Waals surface area contributed by atoms with Gasteiger partial charge < -0.3 is 48.3 Å². The van der Waals surface area contributed by atoms with E-state index in [-0.39, 0.29) is 25.3 Å². The van der Waals surface area contributed by atoms with Crippen molar-refractivity contribution in [1.29, 1.82) is 0 Å². The van der Waals surface area contributed by atoms with Crippen molar-refractivity contribution < 1.29 is 29.4 Å². The second kappa shape index (κ2) is 16.4. The van der Waals surface area contributed by atoms with Crippen LogP contribution in [0.5, 0.6) is 0 Å². The number of aliphatic carboxylic acids is 1. The predicted molar refractivity (Wildman–Crippen MR) is 138 cm³/mol. The molecular weight excluding hydrogens is 506 g/mol. The number of H-pyrrole nitrogens is 1. The molecule has 1 rings (SSSR count). The second-order valence-electron chi connectivity index (χ2n) is 8.31. The quantitative estimate of drug-likeness (QED) is 0.0543. The standard InChI is InChI=1S/C21H37N9O6S/c1-11(31)16(20(35)36)30-19(34)15(8-12-9-25-10-27-12)29-18(33)14(4-3-6-26-21(23)24)28-17(32)13(22)5-7-37-2/h9-11,13-16,31H,3-8,22H2,1-2H3,(H,25,27)(H,28,32)(H,29,33)(H,30,34)(H,35,36)(H4,23,24,26). The summed E-state index contributed by atoms with van der Waals surface area (Å²) in [5, 5.41) is 26.4. The largest absolute Gasteiger partial charge is 0.480 e. The average molecular weight is 544 g/mol. The summed E-state index contributed by atoms with van der Waals surface area (Å²) in [5.41, 5.74) is 17.1. The van der Waals surface area contributed by atoms with Crippen molar-refractivity contribution in [3.05, 3.63) is 18.2 Å². The number of aliphatic hydroxyl groups is 1. The lowest BCUT2D eigenvalue weighted by molar-refractivity contribution is -0.145. The summed E-state index contributed by atoms with van der Waals surface area (Å²) in [7, 11) is 0. The highest BCUT2D eigenvalue weighted by molar-refractivity contribution is 7.98. The molecule has 3 amide bonds. The predicted octanol–water partition coefficient (Wildman–Crippen LogP) is -2.99. The minimum Gasteiger partial charge on any atom is -0.480 e. The van der Waals surface area contributed by atoms with Crippen LogP contribution < -0.4 is 33.2 Å². The fraction of sp³-hybridized carbons (Fsp3) is 0.619. The van der Waals surface area contributed by atoms with Crippen molar-refractivity contribution >= 4 is 41.4 Å². The van der Waals surface area contributed by atoms with Gasteiger partial charge in [-0.2, -0.15) is 11.8 Å². The number of aliphatic hydroxyl groups excluding tert-OH is 1. The van der Waals surface area contributed by atoms with Gasteiger partial charge in [0.1, 0.15) is 12.1 Å². The Bertz CT molecular complexity index is 908. The number of aromatic nitrogens is 2. The van der Waals surface area contributed by atoms with Crippen LogP contribution >= 0.6 is 11.8 Å². The van der Waals surface area contributed by atoms with Gasteiger partial charge in [-0.15, -0.1) is 0 Å². The molecule has 0 saturated heterocycles. The van der Waals surface area contributed by atoms with Crippen molar-refractivity contribution in [3.8, 4) is 0 Å². The number of nitrogens with one attached hydrogen (secondary N) is 4. The third kappa shape index (κ3) is 11.9. The van der Waals surface area contributed by atoms with Crippen LogP contribution in [0.2, 0.25) is 0 Å². The molecule has 0 aliphatic rings. The monoisotopic (exact) mass is 543 g/mol. The molecule has 0 bridgehead atoms. The van der Waals surface area contributed by atoms with E-state index >= 15 is 0 Å². The Morgan fingerprint density at radius 2 is 1.76 bits per heavy atom. The zero-order valence-electron chi connectivity index (χ0n) is 20.8. The van der Waals surface area contributed by atoms with E-state index in [0.29, 0.717) is 24.3 Å². The number of nitrogens with two attached hydrogens (primary N) is 3. The number of imidazole rings is 1. The molecule has 0 aliphatic heterocycles. The summed E-state index contributed by atoms with van der Waals surface area (Å²) in [6.07, 6.45) is 4.10. The van der Waals surface area contributed by atoms with Crippen LogP contribution in [0.3, 0.4) is 0 Å². The van der Waals surface area contributed by atoms with Crippen LogP contribution in [0, 0.1) is 0 Å². The molecule has 5 atom stereocenters. The number of carboxylic acids is 1. The fourth-order valence-corrected chi connectivity index (χ4v) is 3.66. The first-order valence-corrected chi connectivity index (χ1v) is 12.9. The minimum atomic E-state index is -1.60. The minimum absolute atomic E-state index is 0.0639. The van der Waals surface area contributed by atoms with Crippen LogP contribution in [0.4, 0.5) is 0 Å². The molecule has 0 aromatic carbocycles. The molecule has 37 heavy (non-hydrogen) atoms. The molecule has 0 radical (unpaired) electrons. The zero-order chi connectivity index (χ0) is 28.0. The molecule has 15 nitrogen and oxygen atoms in total. The highest BCUT2D eigenvalue weighted by Gasteiger charge is 2.32. The van der Waals surface area contributed by atoms with Gasteiger partial charge in [-0.25, -0.2) is 9.78 Å². The van der Waals surface area contributed by atoms with Gasteiger partial charge in [0, 0.05) is 24.9 Å². The van der Waals surface area contributed by atoms with E-state index in [1.807, 2.05) is 6.26 Å². The molecule has 0 fully saturated rings. The van der Waals surface area contributed by atoms with E-state index in [9.17, 15) is 29.4 Å². The number of thioether (sulfide) groups is 1. The molecular formula is C21H37N9O6S. The molecule has 208 valence electrons. The smallest absolute Gasteiger partial charge is 0.328 e. The molecule has 12 N–H and O–H groups in total. The Labute approximate surface area is 218 Å². The lowest BCUT2D eigenvalue weighted by Crippen LogP contribution is -2.58. The second-order valence-corrected chi connectivity index (χ2v) is 9.29. The fourth-order valence-electron chi connectivity index (χ4n) is 3.17. The van der Waals surface area contributed by atoms with E-state index in [1.165, 1.54) is 31.2 Å². The average Bonchev–Trinajstić information content (AvgIpc) is 3.34. The molecule has 0 spiro atoms. The molecule has 1 heterocycles. The summed E-state index contributed by atoms with van der Waals surface area (Å²) in [6, 6.07) is -4.77. The maximum Gasteiger partial charge on any atom is 0.328 e. The van der Waals surface area contributed by atoms with Crippen molar-refractivity contribution in [1.82, 2.24) is 25.9 Å². The summed E-state index contributed by atoms with van der Waals surface area (Å²) in [5.74, 6) is -3.00. The Morgan fingerprint density at radius 1 is 1.11 bits per heavy atom. The third-order valence-corrected chi connectivity index (χ3v) is 5.85. The number of hydrogen-bond donors (Lipinski definition) is 9. The summed E-state index contributed by atoms with van der Waals surface area (Å²) in [6.45, 7) is 1.41. The Morgan fingerprint density at radius 3 is 2.30 bits per heavy atom. The molecule has 1 aromatic heterocycles. The van der Waals surface area contributed by atoms with Crippen LogP contribution in [0.25, 0.3) is 0 Å². The van der Waals surface area contributed by atoms with Gasteiger partial charge in [-0.05, 0) is 38.2 Å². The molecule has 0 saturated carbocycles. The van der Waals surface area contributed by atoms with E-state index in [1.54, 1.807) is 0 Å². The van der Waals surface area contributed by atoms with Crippen LogP contribution in [0.1, 0.15) is 31.9 Å². The SMILES string of the molecule is CSCCC(N)C(=O)NC(CCCN=C(N)N)C(=O)NC(Cc1cnc[nH]1)C(=O)NC(C(=O)O)C(C)O. The topological polar surface area (TPSA) is 264 Å². The van der Waals surface area contributed by atoms with Crippen LogP contribution in [-0.2, 0) is 25.6 Å². The van der Waals surface area contributed by atoms with Crippen molar-refractivity contribution in [3.63, 3.8) is 0 Å². The first-order valence-electron chi connectivity index (χ1n) is 11.5. The Hall–Kier alpha value is -3.37. The van der Waals surface area contributed by atoms with Gasteiger partial charge in [0.2, 0.25) is 17.7 Å². The van der Waals surface area contributed by atoms with Crippen molar-refractivity contribution in [2.45, 2.75) is 62.9 Å². The van der Waals surface area contributed by atoms with Gasteiger partial charge in [0.15, 0.2) is 12.0 Å². The third-order valence-electron chi connectivity index (χ3n) is 5.21. The van der Waals surface area contributed by atoms with Gasteiger partial charge in [0.05, 0.1) is 18.5 Å². The normalized spacial score (nSPS) is 14.9. The van der Waals surface area contributed by atoms with E-state index in [4.69, 9.17) is 17.2 Å². The van der Waals surface area contributed by atoms with E-state index in [0.717, 1.165) is 0 Å². The number of guanidine groups is 1. The molecule has 16 heteroatoms. The number of carbonyl (C=O) groups is 4. The Kier molecular flexibility index (Phi) is 14.0. The number of aromatic amines is 1. The Balaban J connectivity index is 3.07. The lowest BCUT2D eigenvalue weighted by Gasteiger charge is -2.25. The first-order chi connectivity index (χ1) is 17.5. The number of hydrogen-bond acceptors (Lipinski definition) is 9. The summed E-state index contributed by atoms with van der Waals surface area (Å²) < 4.78 is 0. The number of aliphatic imine (C=N–C) groups is 1. The number of carboxylic acid groups (broad SMARTS) is 1. The van der Waals surface area contributed by atoms with Crippen molar-refractivity contribution in [2.24, 2.45) is 22.2 Å². The maximum absolute atomic E-state index is 13.2. The highest BCUT2D eigenvalue weighted by Crippen LogP contribution is 2.06. The highest BCUT2D eigenvalue weighted by atomic mass is 32.2. The molecule has 0 aliphatic carbocycles. The van der Waals surface area contributed by atoms with Gasteiger partial charge in [-0.3, -0.25) is 19.4 Å². The summed E-state index contributed by atoms with van der Waals surface area (Å²) >= 11 is 1.52. The van der Waals surface area contributed by atoms with Gasteiger partial charge >= 0.3 is 5.97 Å². The van der Waals surface area contributed by atoms with Crippen LogP contribution in [0.15, 0.2) is 17.5 Å². The number of rotatable bonds is 17.